The Labute approximate surface area is 123 Å². The molecule has 0 aromatic rings. The van der Waals surface area contributed by atoms with E-state index in [4.69, 9.17) is 9.84 Å². The van der Waals surface area contributed by atoms with Gasteiger partial charge in [0.05, 0.1) is 6.61 Å². The van der Waals surface area contributed by atoms with Gasteiger partial charge >= 0.3 is 5.97 Å². The van der Waals surface area contributed by atoms with Crippen molar-refractivity contribution >= 4 is 5.97 Å². The average Bonchev–Trinajstić information content (AvgIpc) is 2.45. The molecule has 0 rings (SSSR count). The summed E-state index contributed by atoms with van der Waals surface area (Å²) in [5, 5.41) is 8.59. The fourth-order valence-corrected chi connectivity index (χ4v) is 1.71. The second-order valence-corrected chi connectivity index (χ2v) is 4.86. The molecule has 0 aromatic heterocycles. The molecule has 3 nitrogen and oxygen atoms in total. The summed E-state index contributed by atoms with van der Waals surface area (Å²) in [7, 11) is 0. The summed E-state index contributed by atoms with van der Waals surface area (Å²) in [6, 6.07) is 0. The minimum Gasteiger partial charge on any atom is -0.465 e. The third-order valence-corrected chi connectivity index (χ3v) is 2.92. The Balaban J connectivity index is 3.32. The van der Waals surface area contributed by atoms with Crippen molar-refractivity contribution in [2.75, 3.05) is 13.2 Å². The summed E-state index contributed by atoms with van der Waals surface area (Å²) in [4.78, 5) is 11.2. The minimum absolute atomic E-state index is 0.141. The standard InChI is InChI=1S/C17H30O3/c1-2-3-4-5-6-7-8-9-10-13-16-20-17(19)14-11-12-15-18/h6-7,9-10,18H,2-5,8,11-16H2,1H3/b7-6-,10-9-. The van der Waals surface area contributed by atoms with Gasteiger partial charge in [0.1, 0.15) is 0 Å². The molecule has 0 fully saturated rings. The molecule has 3 heteroatoms. The van der Waals surface area contributed by atoms with Gasteiger partial charge in [0.15, 0.2) is 0 Å². The zero-order chi connectivity index (χ0) is 14.9. The highest BCUT2D eigenvalue weighted by molar-refractivity contribution is 5.69. The van der Waals surface area contributed by atoms with E-state index in [1.54, 1.807) is 0 Å². The van der Waals surface area contributed by atoms with Gasteiger partial charge in [-0.3, -0.25) is 4.79 Å². The normalized spacial score (nSPS) is 11.5. The van der Waals surface area contributed by atoms with E-state index in [0.717, 1.165) is 12.8 Å². The number of unbranched alkanes of at least 4 members (excludes halogenated alkanes) is 4. The van der Waals surface area contributed by atoms with E-state index in [-0.39, 0.29) is 12.6 Å². The van der Waals surface area contributed by atoms with Gasteiger partial charge in [-0.05, 0) is 38.5 Å². The van der Waals surface area contributed by atoms with Crippen LogP contribution in [-0.2, 0) is 9.53 Å². The number of carbonyl (C=O) groups is 1. The Bertz CT molecular complexity index is 269. The van der Waals surface area contributed by atoms with Crippen LogP contribution in [0, 0.1) is 0 Å². The fourth-order valence-electron chi connectivity index (χ4n) is 1.71. The summed E-state index contributed by atoms with van der Waals surface area (Å²) < 4.78 is 5.07. The van der Waals surface area contributed by atoms with Crippen LogP contribution < -0.4 is 0 Å². The molecule has 20 heavy (non-hydrogen) atoms. The maximum absolute atomic E-state index is 11.2. The van der Waals surface area contributed by atoms with Crippen molar-refractivity contribution < 1.29 is 14.6 Å². The van der Waals surface area contributed by atoms with Crippen molar-refractivity contribution in [1.29, 1.82) is 0 Å². The number of carbonyl (C=O) groups excluding carboxylic acids is 1. The Morgan fingerprint density at radius 1 is 1.00 bits per heavy atom. The largest absolute Gasteiger partial charge is 0.465 e. The first kappa shape index (κ1) is 18.9. The van der Waals surface area contributed by atoms with Gasteiger partial charge in [0, 0.05) is 13.0 Å². The number of aliphatic hydroxyl groups excluding tert-OH is 1. The highest BCUT2D eigenvalue weighted by atomic mass is 16.5. The number of aliphatic hydroxyl groups is 1. The highest BCUT2D eigenvalue weighted by Crippen LogP contribution is 2.01. The maximum atomic E-state index is 11.2. The van der Waals surface area contributed by atoms with Crippen molar-refractivity contribution in [2.24, 2.45) is 0 Å². The van der Waals surface area contributed by atoms with Crippen molar-refractivity contribution in [3.8, 4) is 0 Å². The van der Waals surface area contributed by atoms with Gasteiger partial charge in [-0.25, -0.2) is 0 Å². The second kappa shape index (κ2) is 16.0. The van der Waals surface area contributed by atoms with Gasteiger partial charge in [0.2, 0.25) is 0 Å². The van der Waals surface area contributed by atoms with Crippen molar-refractivity contribution in [3.05, 3.63) is 24.3 Å². The molecule has 0 unspecified atom stereocenters. The Hall–Kier alpha value is -1.09. The van der Waals surface area contributed by atoms with Crippen LogP contribution in [0.5, 0.6) is 0 Å². The van der Waals surface area contributed by atoms with Crippen LogP contribution in [0.4, 0.5) is 0 Å². The third kappa shape index (κ3) is 15.0. The van der Waals surface area contributed by atoms with Crippen molar-refractivity contribution in [3.63, 3.8) is 0 Å². The molecule has 0 heterocycles. The van der Waals surface area contributed by atoms with Crippen LogP contribution in [0.3, 0.4) is 0 Å². The van der Waals surface area contributed by atoms with Crippen LogP contribution in [0.25, 0.3) is 0 Å². The molecule has 0 aliphatic heterocycles. The molecule has 116 valence electrons. The number of allylic oxidation sites excluding steroid dienone is 3. The van der Waals surface area contributed by atoms with Gasteiger partial charge in [-0.2, -0.15) is 0 Å². The highest BCUT2D eigenvalue weighted by Gasteiger charge is 2.00. The smallest absolute Gasteiger partial charge is 0.305 e. The molecule has 0 bridgehead atoms. The zero-order valence-corrected chi connectivity index (χ0v) is 12.9. The lowest BCUT2D eigenvalue weighted by Crippen LogP contribution is -2.05. The third-order valence-electron chi connectivity index (χ3n) is 2.92. The van der Waals surface area contributed by atoms with E-state index < -0.39 is 0 Å². The van der Waals surface area contributed by atoms with Crippen LogP contribution in [-0.4, -0.2) is 24.3 Å². The monoisotopic (exact) mass is 282 g/mol. The topological polar surface area (TPSA) is 46.5 Å². The Kier molecular flexibility index (Phi) is 15.1. The molecule has 1 N–H and O–H groups in total. The van der Waals surface area contributed by atoms with Crippen LogP contribution >= 0.6 is 0 Å². The lowest BCUT2D eigenvalue weighted by molar-refractivity contribution is -0.143. The molecular weight excluding hydrogens is 252 g/mol. The number of hydrogen-bond acceptors (Lipinski definition) is 3. The first-order valence-electron chi connectivity index (χ1n) is 7.87. The summed E-state index contributed by atoms with van der Waals surface area (Å²) in [5.41, 5.74) is 0. The molecule has 0 saturated carbocycles. The average molecular weight is 282 g/mol. The molecule has 0 atom stereocenters. The van der Waals surface area contributed by atoms with E-state index in [9.17, 15) is 4.79 Å². The van der Waals surface area contributed by atoms with Crippen LogP contribution in [0.2, 0.25) is 0 Å². The van der Waals surface area contributed by atoms with E-state index in [1.807, 2.05) is 0 Å². The first-order valence-corrected chi connectivity index (χ1v) is 7.87. The quantitative estimate of drug-likeness (QED) is 0.313. The van der Waals surface area contributed by atoms with E-state index in [0.29, 0.717) is 25.9 Å². The second-order valence-electron chi connectivity index (χ2n) is 4.86. The first-order chi connectivity index (χ1) is 9.81. The Morgan fingerprint density at radius 3 is 2.45 bits per heavy atom. The SMILES string of the molecule is CCCCC/C=C\C/C=C\CCOC(=O)CCCCO. The molecular formula is C17H30O3. The molecule has 0 spiro atoms. The summed E-state index contributed by atoms with van der Waals surface area (Å²) >= 11 is 0. The maximum Gasteiger partial charge on any atom is 0.305 e. The van der Waals surface area contributed by atoms with Crippen LogP contribution in [0.1, 0.15) is 64.7 Å². The van der Waals surface area contributed by atoms with Gasteiger partial charge in [0.25, 0.3) is 0 Å². The van der Waals surface area contributed by atoms with E-state index in [2.05, 4.69) is 31.2 Å². The van der Waals surface area contributed by atoms with Gasteiger partial charge < -0.3 is 9.84 Å². The van der Waals surface area contributed by atoms with E-state index >= 15 is 0 Å². The minimum atomic E-state index is -0.164. The summed E-state index contributed by atoms with van der Waals surface area (Å²) in [6.45, 7) is 2.81. The number of rotatable bonds is 13. The van der Waals surface area contributed by atoms with Gasteiger partial charge in [-0.1, -0.05) is 44.1 Å². The number of hydrogen-bond donors (Lipinski definition) is 1. The molecule has 0 amide bonds. The van der Waals surface area contributed by atoms with E-state index in [1.165, 1.54) is 25.7 Å². The Morgan fingerprint density at radius 2 is 1.75 bits per heavy atom. The number of ether oxygens (including phenoxy) is 1. The van der Waals surface area contributed by atoms with Crippen LogP contribution in [0.15, 0.2) is 24.3 Å². The van der Waals surface area contributed by atoms with Crippen molar-refractivity contribution in [1.82, 2.24) is 0 Å². The fraction of sp³-hybridized carbons (Fsp3) is 0.706. The molecule has 0 saturated heterocycles. The predicted octanol–water partition coefficient (Wildman–Crippen LogP) is 4.17. The molecule has 0 aliphatic carbocycles. The molecule has 0 aromatic carbocycles. The lowest BCUT2D eigenvalue weighted by atomic mass is 10.2. The van der Waals surface area contributed by atoms with Gasteiger partial charge in [-0.15, -0.1) is 0 Å². The summed E-state index contributed by atoms with van der Waals surface area (Å²) in [6.07, 6.45) is 17.1. The lowest BCUT2D eigenvalue weighted by Gasteiger charge is -2.01. The number of esters is 1. The van der Waals surface area contributed by atoms with Crippen molar-refractivity contribution in [2.45, 2.75) is 64.7 Å². The predicted molar refractivity (Wildman–Crippen MR) is 83.6 cm³/mol. The summed E-state index contributed by atoms with van der Waals surface area (Å²) in [5.74, 6) is -0.164. The molecule has 0 aliphatic rings. The molecule has 0 radical (unpaired) electrons. The zero-order valence-electron chi connectivity index (χ0n) is 12.9.